The number of aromatic amines is 1. The maximum atomic E-state index is 6.10. The van der Waals surface area contributed by atoms with Crippen molar-refractivity contribution in [2.24, 2.45) is 7.05 Å². The molecule has 0 saturated heterocycles. The topological polar surface area (TPSA) is 109 Å². The van der Waals surface area contributed by atoms with Crippen molar-refractivity contribution in [3.63, 3.8) is 0 Å². The zero-order valence-electron chi connectivity index (χ0n) is 16.0. The smallest absolute Gasteiger partial charge is 0.133 e. The number of pyridine rings is 3. The lowest BCUT2D eigenvalue weighted by atomic mass is 10.1. The fourth-order valence-corrected chi connectivity index (χ4v) is 2.66. The molecule has 1 saturated carbocycles. The Balaban J connectivity index is 0.000000586. The van der Waals surface area contributed by atoms with Crippen molar-refractivity contribution in [2.75, 3.05) is 23.4 Å². The highest BCUT2D eigenvalue weighted by Crippen LogP contribution is 2.28. The highest BCUT2D eigenvalue weighted by molar-refractivity contribution is 5.94. The van der Waals surface area contributed by atoms with Crippen molar-refractivity contribution in [1.82, 2.24) is 24.7 Å². The van der Waals surface area contributed by atoms with Gasteiger partial charge in [0.1, 0.15) is 23.1 Å². The summed E-state index contributed by atoms with van der Waals surface area (Å²) in [5, 5.41) is 11.1. The van der Waals surface area contributed by atoms with E-state index in [2.05, 4.69) is 30.7 Å². The van der Waals surface area contributed by atoms with Gasteiger partial charge >= 0.3 is 0 Å². The molecule has 8 heteroatoms. The first-order valence-electron chi connectivity index (χ1n) is 9.31. The third-order valence-corrected chi connectivity index (χ3v) is 4.42. The minimum Gasteiger partial charge on any atom is -0.388 e. The van der Waals surface area contributed by atoms with E-state index in [4.69, 9.17) is 5.73 Å². The molecule has 0 aromatic carbocycles. The van der Waals surface area contributed by atoms with Crippen molar-refractivity contribution in [3.8, 4) is 11.4 Å². The maximum absolute atomic E-state index is 6.10. The molecule has 0 amide bonds. The minimum absolute atomic E-state index is 0.461. The fourth-order valence-electron chi connectivity index (χ4n) is 2.66. The highest BCUT2D eigenvalue weighted by Gasteiger charge is 2.11. The van der Waals surface area contributed by atoms with Crippen LogP contribution in [0.5, 0.6) is 0 Å². The molecule has 1 aliphatic carbocycles. The maximum Gasteiger partial charge on any atom is 0.133 e. The van der Waals surface area contributed by atoms with Crippen molar-refractivity contribution in [3.05, 3.63) is 42.9 Å². The number of nitrogens with one attached hydrogen (secondary N) is 3. The van der Waals surface area contributed by atoms with E-state index in [1.807, 2.05) is 49.2 Å². The summed E-state index contributed by atoms with van der Waals surface area (Å²) in [5.41, 5.74) is 8.88. The molecule has 5 rings (SSSR count). The molecule has 0 unspecified atom stereocenters. The minimum atomic E-state index is 0.461. The van der Waals surface area contributed by atoms with Crippen LogP contribution in [0.15, 0.2) is 42.9 Å². The lowest BCUT2D eigenvalue weighted by Gasteiger charge is -2.14. The van der Waals surface area contributed by atoms with Crippen LogP contribution < -0.4 is 16.4 Å². The predicted octanol–water partition coefficient (Wildman–Crippen LogP) is 3.90. The molecule has 28 heavy (non-hydrogen) atoms. The summed E-state index contributed by atoms with van der Waals surface area (Å²) < 4.78 is 1.89. The molecule has 1 fully saturated rings. The van der Waals surface area contributed by atoms with Gasteiger partial charge in [-0.1, -0.05) is 19.3 Å². The lowest BCUT2D eigenvalue weighted by molar-refractivity contribution is 0.700. The first-order chi connectivity index (χ1) is 13.6. The van der Waals surface area contributed by atoms with Crippen LogP contribution in [-0.2, 0) is 7.05 Å². The first kappa shape index (κ1) is 17.8. The second-order valence-electron chi connectivity index (χ2n) is 6.77. The molecule has 0 aliphatic heterocycles. The predicted molar refractivity (Wildman–Crippen MR) is 114 cm³/mol. The van der Waals surface area contributed by atoms with Crippen LogP contribution in [0.2, 0.25) is 0 Å². The van der Waals surface area contributed by atoms with E-state index in [1.165, 1.54) is 19.3 Å². The molecule has 8 nitrogen and oxygen atoms in total. The number of rotatable bonds is 4. The molecule has 4 aromatic heterocycles. The van der Waals surface area contributed by atoms with Gasteiger partial charge in [-0.2, -0.15) is 0 Å². The molecule has 0 bridgehead atoms. The van der Waals surface area contributed by atoms with Gasteiger partial charge in [0.25, 0.3) is 0 Å². The van der Waals surface area contributed by atoms with Gasteiger partial charge in [-0.25, -0.2) is 15.0 Å². The van der Waals surface area contributed by atoms with Gasteiger partial charge in [0.15, 0.2) is 0 Å². The zero-order valence-corrected chi connectivity index (χ0v) is 16.0. The molecular formula is C20H24N8. The molecule has 0 spiro atoms. The van der Waals surface area contributed by atoms with E-state index in [1.54, 1.807) is 12.4 Å². The number of fused-ring (bicyclic) bond motifs is 1. The van der Waals surface area contributed by atoms with Gasteiger partial charge in [0.05, 0.1) is 5.69 Å². The van der Waals surface area contributed by atoms with E-state index in [-0.39, 0.29) is 0 Å². The number of aryl methyl sites for hydroxylation is 1. The molecule has 144 valence electrons. The Bertz CT molecular complexity index is 1090. The van der Waals surface area contributed by atoms with Gasteiger partial charge < -0.3 is 21.5 Å². The quantitative estimate of drug-likeness (QED) is 0.430. The van der Waals surface area contributed by atoms with Crippen LogP contribution in [-0.4, -0.2) is 31.8 Å². The summed E-state index contributed by atoms with van der Waals surface area (Å²) in [6.07, 6.45) is 9.85. The third-order valence-electron chi connectivity index (χ3n) is 4.42. The lowest BCUT2D eigenvalue weighted by Crippen LogP contribution is -2.08. The summed E-state index contributed by atoms with van der Waals surface area (Å²) in [5.74, 6) is 1.87. The van der Waals surface area contributed by atoms with Crippen LogP contribution in [0.1, 0.15) is 19.3 Å². The second-order valence-corrected chi connectivity index (χ2v) is 6.77. The summed E-state index contributed by atoms with van der Waals surface area (Å²) in [6.45, 7) is 0. The Labute approximate surface area is 163 Å². The number of nitrogens with zero attached hydrogens (tertiary/aromatic N) is 4. The van der Waals surface area contributed by atoms with Gasteiger partial charge in [0.2, 0.25) is 0 Å². The van der Waals surface area contributed by atoms with E-state index >= 15 is 0 Å². The van der Waals surface area contributed by atoms with Crippen molar-refractivity contribution in [2.45, 2.75) is 19.3 Å². The van der Waals surface area contributed by atoms with Crippen LogP contribution >= 0.6 is 0 Å². The zero-order chi connectivity index (χ0) is 19.5. The van der Waals surface area contributed by atoms with Crippen molar-refractivity contribution in [1.29, 1.82) is 0 Å². The fraction of sp³-hybridized carbons (Fsp3) is 0.250. The largest absolute Gasteiger partial charge is 0.388 e. The normalized spacial score (nSPS) is 12.4. The Kier molecular flexibility index (Phi) is 4.84. The molecule has 1 aliphatic rings. The Morgan fingerprint density at radius 1 is 1.11 bits per heavy atom. The average molecular weight is 376 g/mol. The van der Waals surface area contributed by atoms with Crippen LogP contribution in [0.3, 0.4) is 0 Å². The molecule has 5 N–H and O–H groups in total. The number of hydrogen-bond acceptors (Lipinski definition) is 6. The van der Waals surface area contributed by atoms with Crippen molar-refractivity contribution < 1.29 is 0 Å². The SMILES string of the molecule is C1CC1.CNc1ccnc(Nc2cc3cc(-c4c[nH]n4C)nc(N)c3cn2)c1. The molecule has 0 radical (unpaired) electrons. The standard InChI is InChI=1S/C17H18N8.C3H6/c1-19-11-3-4-20-16(7-11)24-15-6-10-5-13(14-9-22-25(14)2)23-17(18)12(10)8-21-15;1-2-3-1/h3-9,22H,1-2H3,(H2,18,23)(H2,19,20,21,24);1-3H2. The number of nitrogen functional groups attached to an aromatic ring is 1. The van der Waals surface area contributed by atoms with Crippen LogP contribution in [0.25, 0.3) is 22.2 Å². The van der Waals surface area contributed by atoms with Gasteiger partial charge in [-0.05, 0) is 23.6 Å². The second kappa shape index (κ2) is 7.59. The average Bonchev–Trinajstić information content (AvgIpc) is 3.56. The highest BCUT2D eigenvalue weighted by atomic mass is 15.3. The molecule has 0 atom stereocenters. The summed E-state index contributed by atoms with van der Waals surface area (Å²) in [7, 11) is 3.79. The molecular weight excluding hydrogens is 352 g/mol. The summed E-state index contributed by atoms with van der Waals surface area (Å²) in [4.78, 5) is 13.2. The molecule has 4 heterocycles. The summed E-state index contributed by atoms with van der Waals surface area (Å²) >= 11 is 0. The number of nitrogens with two attached hydrogens (primary N) is 1. The monoisotopic (exact) mass is 376 g/mol. The summed E-state index contributed by atoms with van der Waals surface area (Å²) in [6, 6.07) is 7.75. The number of aromatic nitrogens is 5. The Hall–Kier alpha value is -3.55. The van der Waals surface area contributed by atoms with Gasteiger partial charge in [-0.15, -0.1) is 0 Å². The van der Waals surface area contributed by atoms with Crippen LogP contribution in [0, 0.1) is 0 Å². The van der Waals surface area contributed by atoms with Gasteiger partial charge in [-0.3, -0.25) is 4.68 Å². The number of anilines is 4. The number of hydrogen-bond donors (Lipinski definition) is 4. The van der Waals surface area contributed by atoms with Crippen LogP contribution in [0.4, 0.5) is 23.1 Å². The van der Waals surface area contributed by atoms with Crippen molar-refractivity contribution >= 4 is 33.9 Å². The Morgan fingerprint density at radius 3 is 2.54 bits per heavy atom. The molecule has 4 aromatic rings. The van der Waals surface area contributed by atoms with E-state index in [9.17, 15) is 0 Å². The third kappa shape index (κ3) is 3.90. The first-order valence-corrected chi connectivity index (χ1v) is 9.31. The van der Waals surface area contributed by atoms with E-state index in [0.717, 1.165) is 27.8 Å². The Morgan fingerprint density at radius 2 is 1.89 bits per heavy atom. The van der Waals surface area contributed by atoms with E-state index in [0.29, 0.717) is 17.5 Å². The van der Waals surface area contributed by atoms with E-state index < -0.39 is 0 Å². The van der Waals surface area contributed by atoms with Gasteiger partial charge in [0, 0.05) is 49.8 Å². The number of H-pyrrole nitrogens is 1.